The average Bonchev–Trinajstić information content (AvgIpc) is 3.43. The van der Waals surface area contributed by atoms with E-state index in [-0.39, 0.29) is 0 Å². The van der Waals surface area contributed by atoms with Crippen LogP contribution < -0.4 is 4.74 Å². The molecule has 7 heteroatoms. The van der Waals surface area contributed by atoms with Crippen LogP contribution in [-0.4, -0.2) is 31.0 Å². The summed E-state index contributed by atoms with van der Waals surface area (Å²) < 4.78 is 8.02. The van der Waals surface area contributed by atoms with Gasteiger partial charge in [-0.15, -0.1) is 16.4 Å². The van der Waals surface area contributed by atoms with Gasteiger partial charge in [0.15, 0.2) is 11.5 Å². The van der Waals surface area contributed by atoms with Crippen molar-refractivity contribution in [2.45, 2.75) is 52.8 Å². The first-order valence-corrected chi connectivity index (χ1v) is 13.0. The Balaban J connectivity index is 1.27. The van der Waals surface area contributed by atoms with Gasteiger partial charge in [0.1, 0.15) is 23.5 Å². The highest BCUT2D eigenvalue weighted by Gasteiger charge is 2.24. The highest BCUT2D eigenvalue weighted by atomic mass is 32.1. The topological polar surface area (TPSA) is 55.6 Å². The van der Waals surface area contributed by atoms with Gasteiger partial charge < -0.3 is 4.74 Å². The molecule has 0 amide bonds. The lowest BCUT2D eigenvalue weighted by atomic mass is 10.0. The summed E-state index contributed by atoms with van der Waals surface area (Å²) >= 11 is 1.79. The second kappa shape index (κ2) is 9.06. The van der Waals surface area contributed by atoms with Crippen molar-refractivity contribution in [3.8, 4) is 5.75 Å². The van der Waals surface area contributed by atoms with Gasteiger partial charge >= 0.3 is 0 Å². The lowest BCUT2D eigenvalue weighted by Gasteiger charge is -2.26. The third-order valence-corrected chi connectivity index (χ3v) is 7.82. The summed E-state index contributed by atoms with van der Waals surface area (Å²) in [6, 6.07) is 17.1. The lowest BCUT2D eigenvalue weighted by Crippen LogP contribution is -2.29. The molecule has 0 spiro atoms. The molecule has 0 saturated carbocycles. The summed E-state index contributed by atoms with van der Waals surface area (Å²) in [5, 5.41) is 5.84. The summed E-state index contributed by atoms with van der Waals surface area (Å²) in [7, 11) is 0. The van der Waals surface area contributed by atoms with Crippen molar-refractivity contribution in [3.05, 3.63) is 87.8 Å². The molecular formula is C28H29N5OS. The van der Waals surface area contributed by atoms with Crippen LogP contribution in [0, 0.1) is 6.92 Å². The van der Waals surface area contributed by atoms with E-state index in [2.05, 4.69) is 79.3 Å². The highest BCUT2D eigenvalue weighted by molar-refractivity contribution is 7.19. The Bertz CT molecular complexity index is 1500. The van der Waals surface area contributed by atoms with Crippen LogP contribution in [0.5, 0.6) is 5.75 Å². The van der Waals surface area contributed by atoms with Gasteiger partial charge in [0, 0.05) is 24.5 Å². The normalized spacial score (nSPS) is 14.2. The van der Waals surface area contributed by atoms with Crippen molar-refractivity contribution >= 4 is 27.2 Å². The first kappa shape index (κ1) is 22.2. The van der Waals surface area contributed by atoms with Crippen LogP contribution in [0.4, 0.5) is 0 Å². The number of rotatable bonds is 6. The van der Waals surface area contributed by atoms with Gasteiger partial charge in [0.05, 0.1) is 5.39 Å². The zero-order chi connectivity index (χ0) is 23.9. The first-order valence-electron chi connectivity index (χ1n) is 12.2. The minimum absolute atomic E-state index is 0.337. The molecule has 35 heavy (non-hydrogen) atoms. The van der Waals surface area contributed by atoms with E-state index in [1.54, 1.807) is 17.7 Å². The van der Waals surface area contributed by atoms with Gasteiger partial charge in [-0.2, -0.15) is 0 Å². The Morgan fingerprint density at radius 2 is 1.97 bits per heavy atom. The van der Waals surface area contributed by atoms with E-state index in [4.69, 9.17) is 14.7 Å². The molecule has 2 aromatic carbocycles. The number of hydrogen-bond donors (Lipinski definition) is 0. The number of hydrogen-bond acceptors (Lipinski definition) is 6. The number of nitrogens with zero attached hydrogens (tertiary/aromatic N) is 5. The smallest absolute Gasteiger partial charge is 0.189 e. The summed E-state index contributed by atoms with van der Waals surface area (Å²) in [6.45, 7) is 9.75. The maximum absolute atomic E-state index is 6.21. The number of aromatic nitrogens is 4. The number of ether oxygens (including phenoxy) is 1. The SMILES string of the molecule is Cc1ccc(C(C)C)c(OCc2nc3c4c5c(sc4ncn3n2)CN(Cc2ccccc2)CC5)c1. The van der Waals surface area contributed by atoms with Gasteiger partial charge in [-0.1, -0.05) is 56.3 Å². The highest BCUT2D eigenvalue weighted by Crippen LogP contribution is 2.36. The number of aryl methyl sites for hydroxylation is 1. The molecule has 1 aliphatic rings. The van der Waals surface area contributed by atoms with E-state index >= 15 is 0 Å². The lowest BCUT2D eigenvalue weighted by molar-refractivity contribution is 0.249. The van der Waals surface area contributed by atoms with Crippen LogP contribution in [0.2, 0.25) is 0 Å². The summed E-state index contributed by atoms with van der Waals surface area (Å²) in [5.74, 6) is 1.98. The maximum atomic E-state index is 6.21. The number of benzene rings is 2. The molecule has 0 N–H and O–H groups in total. The molecule has 5 aromatic rings. The molecule has 178 valence electrons. The van der Waals surface area contributed by atoms with Crippen molar-refractivity contribution in [1.82, 2.24) is 24.5 Å². The van der Waals surface area contributed by atoms with Crippen molar-refractivity contribution in [3.63, 3.8) is 0 Å². The predicted molar refractivity (Wildman–Crippen MR) is 140 cm³/mol. The fourth-order valence-corrected chi connectivity index (χ4v) is 6.14. The average molecular weight is 484 g/mol. The number of thiophene rings is 1. The largest absolute Gasteiger partial charge is 0.485 e. The zero-order valence-electron chi connectivity index (χ0n) is 20.4. The van der Waals surface area contributed by atoms with Gasteiger partial charge in [0.2, 0.25) is 0 Å². The van der Waals surface area contributed by atoms with Gasteiger partial charge in [-0.3, -0.25) is 4.90 Å². The third-order valence-electron chi connectivity index (χ3n) is 6.70. The van der Waals surface area contributed by atoms with E-state index in [1.165, 1.54) is 27.1 Å². The molecule has 0 fully saturated rings. The molecule has 3 aromatic heterocycles. The molecule has 1 aliphatic heterocycles. The van der Waals surface area contributed by atoms with E-state index in [1.807, 2.05) is 4.52 Å². The molecule has 0 atom stereocenters. The standard InChI is InChI=1S/C28H29N5OS/c1-18(2)21-10-9-19(3)13-23(21)34-16-25-30-27-26-22-11-12-32(14-20-7-5-4-6-8-20)15-24(22)35-28(26)29-17-33(27)31-25/h4-10,13,17-18H,11-12,14-16H2,1-3H3. The van der Waals surface area contributed by atoms with E-state index in [0.29, 0.717) is 18.3 Å². The Kier molecular flexibility index (Phi) is 5.74. The fraction of sp³-hybridized carbons (Fsp3) is 0.321. The fourth-order valence-electron chi connectivity index (χ4n) is 4.91. The van der Waals surface area contributed by atoms with E-state index in [9.17, 15) is 0 Å². The summed E-state index contributed by atoms with van der Waals surface area (Å²) in [6.07, 6.45) is 2.79. The number of fused-ring (bicyclic) bond motifs is 5. The molecule has 4 heterocycles. The Morgan fingerprint density at radius 1 is 1.11 bits per heavy atom. The monoisotopic (exact) mass is 483 g/mol. The minimum atomic E-state index is 0.337. The van der Waals surface area contributed by atoms with Gasteiger partial charge in [-0.05, 0) is 47.6 Å². The van der Waals surface area contributed by atoms with E-state index in [0.717, 1.165) is 47.7 Å². The van der Waals surface area contributed by atoms with Crippen LogP contribution in [-0.2, 0) is 26.1 Å². The van der Waals surface area contributed by atoms with Crippen molar-refractivity contribution in [2.75, 3.05) is 6.54 Å². The zero-order valence-corrected chi connectivity index (χ0v) is 21.2. The summed E-state index contributed by atoms with van der Waals surface area (Å²) in [5.41, 5.74) is 6.01. The van der Waals surface area contributed by atoms with Crippen molar-refractivity contribution < 1.29 is 4.74 Å². The van der Waals surface area contributed by atoms with Crippen LogP contribution in [0.15, 0.2) is 54.9 Å². The maximum Gasteiger partial charge on any atom is 0.189 e. The van der Waals surface area contributed by atoms with Crippen molar-refractivity contribution in [1.29, 1.82) is 0 Å². The molecule has 0 saturated heterocycles. The molecule has 0 radical (unpaired) electrons. The molecule has 0 unspecified atom stereocenters. The van der Waals surface area contributed by atoms with Gasteiger partial charge in [-0.25, -0.2) is 14.5 Å². The molecule has 6 rings (SSSR count). The first-order chi connectivity index (χ1) is 17.0. The van der Waals surface area contributed by atoms with Crippen LogP contribution in [0.3, 0.4) is 0 Å². The van der Waals surface area contributed by atoms with Crippen molar-refractivity contribution in [2.24, 2.45) is 0 Å². The molecule has 0 bridgehead atoms. The second-order valence-corrected chi connectivity index (χ2v) is 10.7. The quantitative estimate of drug-likeness (QED) is 0.301. The Hall–Kier alpha value is -3.29. The second-order valence-electron chi connectivity index (χ2n) is 9.66. The summed E-state index contributed by atoms with van der Waals surface area (Å²) in [4.78, 5) is 14.6. The Labute approximate surface area is 209 Å². The minimum Gasteiger partial charge on any atom is -0.485 e. The van der Waals surface area contributed by atoms with Crippen LogP contribution in [0.1, 0.15) is 52.7 Å². The molecule has 6 nitrogen and oxygen atoms in total. The predicted octanol–water partition coefficient (Wildman–Crippen LogP) is 5.91. The van der Waals surface area contributed by atoms with Gasteiger partial charge in [0.25, 0.3) is 0 Å². The Morgan fingerprint density at radius 3 is 2.80 bits per heavy atom. The van der Waals surface area contributed by atoms with Crippen LogP contribution >= 0.6 is 11.3 Å². The van der Waals surface area contributed by atoms with Crippen LogP contribution in [0.25, 0.3) is 15.9 Å². The van der Waals surface area contributed by atoms with E-state index < -0.39 is 0 Å². The molecule has 0 aliphatic carbocycles. The third kappa shape index (κ3) is 4.30. The molecular weight excluding hydrogens is 454 g/mol.